The summed E-state index contributed by atoms with van der Waals surface area (Å²) >= 11 is 0. The summed E-state index contributed by atoms with van der Waals surface area (Å²) in [6.07, 6.45) is 16.6. The predicted molar refractivity (Wildman–Crippen MR) is 183 cm³/mol. The number of ether oxygens (including phenoxy) is 1. The van der Waals surface area contributed by atoms with Crippen LogP contribution in [0, 0.1) is 52.8 Å². The highest BCUT2D eigenvalue weighted by Gasteiger charge is 2.63. The maximum absolute atomic E-state index is 13.4. The van der Waals surface area contributed by atoms with Crippen LogP contribution in [0.3, 0.4) is 0 Å². The lowest BCUT2D eigenvalue weighted by Gasteiger charge is -2.58. The minimum atomic E-state index is -1.00. The normalized spacial score (nSPS) is 37.6. The lowest BCUT2D eigenvalue weighted by Crippen LogP contribution is -2.55. The van der Waals surface area contributed by atoms with Gasteiger partial charge in [-0.15, -0.1) is 6.42 Å². The number of fused-ring (bicyclic) bond motifs is 5. The van der Waals surface area contributed by atoms with Gasteiger partial charge in [-0.25, -0.2) is 0 Å². The van der Waals surface area contributed by atoms with E-state index >= 15 is 0 Å². The smallest absolute Gasteiger partial charge is 0.305 e. The van der Waals surface area contributed by atoms with E-state index in [-0.39, 0.29) is 35.7 Å². The van der Waals surface area contributed by atoms with Gasteiger partial charge >= 0.3 is 5.97 Å². The lowest BCUT2D eigenvalue weighted by atomic mass is 9.46. The molecule has 0 spiro atoms. The summed E-state index contributed by atoms with van der Waals surface area (Å²) in [4.78, 5) is 43.5. The van der Waals surface area contributed by atoms with E-state index in [1.54, 1.807) is 0 Å². The van der Waals surface area contributed by atoms with Gasteiger partial charge in [0.05, 0.1) is 17.7 Å². The Morgan fingerprint density at radius 3 is 2.46 bits per heavy atom. The van der Waals surface area contributed by atoms with Crippen molar-refractivity contribution in [3.63, 3.8) is 0 Å². The average Bonchev–Trinajstić information content (AvgIpc) is 3.29. The Morgan fingerprint density at radius 1 is 1.06 bits per heavy atom. The van der Waals surface area contributed by atoms with Crippen LogP contribution >= 0.6 is 0 Å². The van der Waals surface area contributed by atoms with E-state index in [4.69, 9.17) is 16.0 Å². The van der Waals surface area contributed by atoms with Gasteiger partial charge in [0.2, 0.25) is 5.91 Å². The number of rotatable bonds is 10. The highest BCUT2D eigenvalue weighted by atomic mass is 16.6. The summed E-state index contributed by atoms with van der Waals surface area (Å²) in [7, 11) is 0. The molecular weight excluding hydrogens is 610 g/mol. The number of carboxylic acids is 1. The van der Waals surface area contributed by atoms with Crippen LogP contribution in [-0.4, -0.2) is 70.2 Å². The molecule has 48 heavy (non-hydrogen) atoms. The van der Waals surface area contributed by atoms with Crippen molar-refractivity contribution in [1.82, 2.24) is 10.6 Å². The van der Waals surface area contributed by atoms with Crippen LogP contribution in [-0.2, 0) is 24.0 Å². The standard InChI is InChI=1S/C38H57N3O7/c1-8-38(46)17-13-29-27-10-9-25-19-26(11-15-36(25,6)28(27)12-16-37(29,38)7)41-48-22-31(42)40-33(23(2)3)34(45)39-30(20-32(43)44)24-14-18-47-35(4,5)21-24/h1,19,23-24,27-30,33,46H,9-18,20-22H2,2-7H3,(H,39,45)(H,40,42)(H,43,44)/b41-26+/t24-,27-,28+,29+,30-,33-,36+,37+,38-/m1/s1. The minimum absolute atomic E-state index is 0.0486. The highest BCUT2D eigenvalue weighted by molar-refractivity contribution is 5.96. The number of amides is 2. The Morgan fingerprint density at radius 2 is 1.79 bits per heavy atom. The van der Waals surface area contributed by atoms with Crippen LogP contribution in [0.1, 0.15) is 112 Å². The van der Waals surface area contributed by atoms with E-state index in [2.05, 4.69) is 41.6 Å². The number of carboxylic acid groups (broad SMARTS) is 1. The Hall–Kier alpha value is -2.90. The third kappa shape index (κ3) is 7.05. The van der Waals surface area contributed by atoms with Gasteiger partial charge in [-0.1, -0.05) is 44.3 Å². The second kappa shape index (κ2) is 13.8. The molecule has 2 amide bonds. The third-order valence-electron chi connectivity index (χ3n) is 13.0. The van der Waals surface area contributed by atoms with Crippen molar-refractivity contribution in [3.8, 4) is 12.3 Å². The Labute approximate surface area is 286 Å². The summed E-state index contributed by atoms with van der Waals surface area (Å²) in [5.41, 5.74) is 0.689. The molecule has 0 aromatic rings. The zero-order valence-electron chi connectivity index (χ0n) is 29.8. The van der Waals surface area contributed by atoms with E-state index in [0.717, 1.165) is 50.7 Å². The van der Waals surface area contributed by atoms with Crippen molar-refractivity contribution in [1.29, 1.82) is 0 Å². The fourth-order valence-electron chi connectivity index (χ4n) is 10.2. The van der Waals surface area contributed by atoms with Crippen LogP contribution in [0.5, 0.6) is 0 Å². The highest BCUT2D eigenvalue weighted by Crippen LogP contribution is 2.67. The van der Waals surface area contributed by atoms with Crippen LogP contribution in [0.4, 0.5) is 0 Å². The number of carbonyl (C=O) groups excluding carboxylic acids is 2. The first-order valence-electron chi connectivity index (χ1n) is 18.1. The van der Waals surface area contributed by atoms with Gasteiger partial charge in [0.25, 0.3) is 5.91 Å². The number of carbonyl (C=O) groups is 3. The molecule has 1 saturated heterocycles. The van der Waals surface area contributed by atoms with Crippen LogP contribution < -0.4 is 10.6 Å². The van der Waals surface area contributed by atoms with Crippen molar-refractivity contribution in [2.75, 3.05) is 13.2 Å². The van der Waals surface area contributed by atoms with E-state index in [1.165, 1.54) is 5.57 Å². The van der Waals surface area contributed by atoms with Crippen LogP contribution in [0.2, 0.25) is 0 Å². The van der Waals surface area contributed by atoms with E-state index < -0.39 is 41.1 Å². The summed E-state index contributed by atoms with van der Waals surface area (Å²) < 4.78 is 5.80. The van der Waals surface area contributed by atoms with Gasteiger partial charge < -0.3 is 30.4 Å². The van der Waals surface area contributed by atoms with Crippen molar-refractivity contribution in [3.05, 3.63) is 11.6 Å². The fourth-order valence-corrected chi connectivity index (χ4v) is 10.2. The molecule has 5 rings (SSSR count). The van der Waals surface area contributed by atoms with E-state index in [1.807, 2.05) is 27.7 Å². The zero-order valence-corrected chi connectivity index (χ0v) is 29.8. The third-order valence-corrected chi connectivity index (χ3v) is 13.0. The molecule has 10 heteroatoms. The minimum Gasteiger partial charge on any atom is -0.481 e. The van der Waals surface area contributed by atoms with Crippen molar-refractivity contribution < 1.29 is 34.2 Å². The number of aliphatic carboxylic acids is 1. The summed E-state index contributed by atoms with van der Waals surface area (Å²) in [6.45, 7) is 12.4. The molecule has 4 aliphatic carbocycles. The molecule has 3 saturated carbocycles. The number of hydrogen-bond donors (Lipinski definition) is 4. The molecule has 0 aromatic heterocycles. The van der Waals surface area contributed by atoms with Gasteiger partial charge in [0.1, 0.15) is 11.6 Å². The van der Waals surface area contributed by atoms with Crippen LogP contribution in [0.25, 0.3) is 0 Å². The molecule has 266 valence electrons. The summed E-state index contributed by atoms with van der Waals surface area (Å²) in [5.74, 6) is 2.19. The first-order chi connectivity index (χ1) is 22.5. The fraction of sp³-hybridized carbons (Fsp3) is 0.789. The predicted octanol–water partition coefficient (Wildman–Crippen LogP) is 4.99. The molecule has 1 heterocycles. The Bertz CT molecular complexity index is 1370. The molecule has 4 N–H and O–H groups in total. The molecule has 1 aliphatic heterocycles. The molecule has 9 atom stereocenters. The SMILES string of the molecule is C#C[C@@]1(O)CC[C@H]2[C@@H]3CCC4=C/C(=N/OCC(=O)N[C@@H](C(=O)N[C@H](CC(=O)O)[C@@H]5CCOC(C)(C)C5)C(C)C)CC[C@]4(C)[C@H]3CC[C@@]21C. The lowest BCUT2D eigenvalue weighted by molar-refractivity contribution is -0.140. The topological polar surface area (TPSA) is 147 Å². The molecular formula is C38H57N3O7. The average molecular weight is 668 g/mol. The number of aliphatic hydroxyl groups is 1. The zero-order chi connectivity index (χ0) is 35.1. The van der Waals surface area contributed by atoms with Crippen LogP contribution in [0.15, 0.2) is 16.8 Å². The second-order valence-corrected chi connectivity index (χ2v) is 16.7. The number of nitrogens with one attached hydrogen (secondary N) is 2. The van der Waals surface area contributed by atoms with Gasteiger partial charge in [-0.05, 0) is 119 Å². The maximum atomic E-state index is 13.4. The number of terminal acetylenes is 1. The maximum Gasteiger partial charge on any atom is 0.305 e. The van der Waals surface area contributed by atoms with Crippen molar-refractivity contribution in [2.24, 2.45) is 45.6 Å². The van der Waals surface area contributed by atoms with Crippen molar-refractivity contribution >= 4 is 23.5 Å². The summed E-state index contributed by atoms with van der Waals surface area (Å²) in [5, 5.41) is 30.9. The Balaban J connectivity index is 1.17. The quantitative estimate of drug-likeness (QED) is 0.190. The molecule has 0 bridgehead atoms. The molecule has 4 fully saturated rings. The Kier molecular flexibility index (Phi) is 10.4. The first kappa shape index (κ1) is 36.4. The van der Waals surface area contributed by atoms with Crippen molar-refractivity contribution in [2.45, 2.75) is 135 Å². The number of hydrogen-bond acceptors (Lipinski definition) is 7. The first-order valence-corrected chi connectivity index (χ1v) is 18.1. The largest absolute Gasteiger partial charge is 0.481 e. The van der Waals surface area contributed by atoms with E-state index in [0.29, 0.717) is 43.6 Å². The van der Waals surface area contributed by atoms with Gasteiger partial charge in [-0.2, -0.15) is 0 Å². The monoisotopic (exact) mass is 667 g/mol. The molecule has 0 radical (unpaired) electrons. The van der Waals surface area contributed by atoms with Gasteiger partial charge in [-0.3, -0.25) is 14.4 Å². The molecule has 0 unspecified atom stereocenters. The number of nitrogens with zero attached hydrogens (tertiary/aromatic N) is 1. The van der Waals surface area contributed by atoms with Gasteiger partial charge in [0.15, 0.2) is 6.61 Å². The molecule has 5 aliphatic rings. The number of allylic oxidation sites excluding steroid dienone is 2. The molecule has 10 nitrogen and oxygen atoms in total. The number of oxime groups is 1. The summed E-state index contributed by atoms with van der Waals surface area (Å²) in [6, 6.07) is -1.42. The van der Waals surface area contributed by atoms with Gasteiger partial charge in [0, 0.05) is 18.1 Å². The molecule has 0 aromatic carbocycles. The second-order valence-electron chi connectivity index (χ2n) is 16.7. The van der Waals surface area contributed by atoms with E-state index in [9.17, 15) is 24.6 Å².